The molecule has 4 rings (SSSR count). The number of hydrogen-bond acceptors (Lipinski definition) is 7. The molecular weight excluding hydrogens is 478 g/mol. The number of ether oxygens (including phenoxy) is 1. The molecule has 0 atom stereocenters. The minimum atomic E-state index is -1.00. The highest BCUT2D eigenvalue weighted by molar-refractivity contribution is 7.99. The number of carbonyl (C=O) groups is 2. The summed E-state index contributed by atoms with van der Waals surface area (Å²) in [6.07, 6.45) is 1.45. The summed E-state index contributed by atoms with van der Waals surface area (Å²) >= 11 is 1.24. The number of hydrazone groups is 1. The lowest BCUT2D eigenvalue weighted by Crippen LogP contribution is -2.20. The van der Waals surface area contributed by atoms with Gasteiger partial charge in [0.25, 0.3) is 5.91 Å². The molecule has 0 unspecified atom stereocenters. The summed E-state index contributed by atoms with van der Waals surface area (Å²) in [6.45, 7) is 2.02. The lowest BCUT2D eigenvalue weighted by molar-refractivity contribution is -0.118. The van der Waals surface area contributed by atoms with Crippen LogP contribution in [0, 0.1) is 6.92 Å². The molecule has 36 heavy (non-hydrogen) atoms. The molecule has 9 nitrogen and oxygen atoms in total. The largest absolute Gasteiger partial charge is 0.497 e. The van der Waals surface area contributed by atoms with Gasteiger partial charge in [0.05, 0.1) is 24.6 Å². The van der Waals surface area contributed by atoms with Gasteiger partial charge in [0.2, 0.25) is 0 Å². The summed E-state index contributed by atoms with van der Waals surface area (Å²) in [7, 11) is 1.61. The molecule has 182 valence electrons. The standard InChI is InChI=1S/C26H23N5O4S/c1-17-3-11-21(12-4-17)31-24(19-9-13-22(35-2)14-10-19)29-30-26(31)36-16-23(32)28-27-15-18-5-7-20(8-6-18)25(33)34/h3-15H,16H2,1-2H3,(H,28,32)(H,33,34)/b27-15+. The molecule has 10 heteroatoms. The second-order valence-corrected chi connectivity index (χ2v) is 8.66. The first-order valence-electron chi connectivity index (χ1n) is 10.9. The van der Waals surface area contributed by atoms with Crippen LogP contribution in [0.3, 0.4) is 0 Å². The number of aromatic nitrogens is 3. The van der Waals surface area contributed by atoms with Crippen molar-refractivity contribution in [3.63, 3.8) is 0 Å². The van der Waals surface area contributed by atoms with Crippen LogP contribution in [0.4, 0.5) is 0 Å². The van der Waals surface area contributed by atoms with Crippen LogP contribution in [-0.4, -0.2) is 50.8 Å². The Bertz CT molecular complexity index is 1380. The number of thioether (sulfide) groups is 1. The highest BCUT2D eigenvalue weighted by Crippen LogP contribution is 2.29. The zero-order valence-electron chi connectivity index (χ0n) is 19.6. The van der Waals surface area contributed by atoms with Crippen LogP contribution in [0.1, 0.15) is 21.5 Å². The van der Waals surface area contributed by atoms with Crippen LogP contribution in [-0.2, 0) is 4.79 Å². The Kier molecular flexibility index (Phi) is 7.76. The average Bonchev–Trinajstić information content (AvgIpc) is 3.32. The van der Waals surface area contributed by atoms with Gasteiger partial charge in [0.15, 0.2) is 11.0 Å². The van der Waals surface area contributed by atoms with Crippen molar-refractivity contribution in [3.05, 3.63) is 89.5 Å². The third kappa shape index (κ3) is 5.97. The van der Waals surface area contributed by atoms with E-state index in [0.717, 1.165) is 22.6 Å². The maximum Gasteiger partial charge on any atom is 0.335 e. The van der Waals surface area contributed by atoms with Gasteiger partial charge in [0.1, 0.15) is 5.75 Å². The summed E-state index contributed by atoms with van der Waals surface area (Å²) in [5.41, 5.74) is 6.19. The quantitative estimate of drug-likeness (QED) is 0.200. The van der Waals surface area contributed by atoms with Gasteiger partial charge in [-0.3, -0.25) is 9.36 Å². The van der Waals surface area contributed by atoms with Gasteiger partial charge in [-0.1, -0.05) is 41.6 Å². The lowest BCUT2D eigenvalue weighted by atomic mass is 10.1. The van der Waals surface area contributed by atoms with Crippen molar-refractivity contribution >= 4 is 29.9 Å². The first kappa shape index (κ1) is 24.7. The predicted molar refractivity (Wildman–Crippen MR) is 138 cm³/mol. The van der Waals surface area contributed by atoms with Gasteiger partial charge in [-0.2, -0.15) is 5.10 Å². The monoisotopic (exact) mass is 501 g/mol. The fourth-order valence-electron chi connectivity index (χ4n) is 3.27. The van der Waals surface area contributed by atoms with E-state index in [0.29, 0.717) is 16.5 Å². The van der Waals surface area contributed by atoms with Crippen LogP contribution in [0.15, 0.2) is 83.1 Å². The van der Waals surface area contributed by atoms with Crippen molar-refractivity contribution in [2.45, 2.75) is 12.1 Å². The van der Waals surface area contributed by atoms with E-state index >= 15 is 0 Å². The van der Waals surface area contributed by atoms with Crippen molar-refractivity contribution in [2.24, 2.45) is 5.10 Å². The Morgan fingerprint density at radius 1 is 1.03 bits per heavy atom. The first-order valence-corrected chi connectivity index (χ1v) is 11.9. The van der Waals surface area contributed by atoms with Gasteiger partial charge < -0.3 is 9.84 Å². The van der Waals surface area contributed by atoms with E-state index < -0.39 is 5.97 Å². The molecule has 2 N–H and O–H groups in total. The maximum atomic E-state index is 12.4. The molecule has 0 aliphatic heterocycles. The highest BCUT2D eigenvalue weighted by atomic mass is 32.2. The Morgan fingerprint density at radius 2 is 1.72 bits per heavy atom. The van der Waals surface area contributed by atoms with Gasteiger partial charge in [-0.05, 0) is 61.0 Å². The van der Waals surface area contributed by atoms with E-state index in [4.69, 9.17) is 9.84 Å². The molecule has 0 radical (unpaired) electrons. The van der Waals surface area contributed by atoms with E-state index in [-0.39, 0.29) is 17.2 Å². The Hall–Kier alpha value is -4.44. The molecule has 0 saturated carbocycles. The van der Waals surface area contributed by atoms with E-state index in [1.54, 1.807) is 19.2 Å². The normalized spacial score (nSPS) is 10.9. The van der Waals surface area contributed by atoms with E-state index in [2.05, 4.69) is 20.7 Å². The number of nitrogens with zero attached hydrogens (tertiary/aromatic N) is 4. The van der Waals surface area contributed by atoms with Crippen molar-refractivity contribution in [2.75, 3.05) is 12.9 Å². The molecule has 1 aromatic heterocycles. The second kappa shape index (κ2) is 11.3. The molecule has 3 aromatic carbocycles. The fourth-order valence-corrected chi connectivity index (χ4v) is 4.01. The second-order valence-electron chi connectivity index (χ2n) is 7.71. The number of methoxy groups -OCH3 is 1. The Labute approximate surface area is 211 Å². The summed E-state index contributed by atoms with van der Waals surface area (Å²) in [6, 6.07) is 21.7. The zero-order chi connectivity index (χ0) is 25.5. The van der Waals surface area contributed by atoms with E-state index in [1.807, 2.05) is 60.0 Å². The molecule has 0 spiro atoms. The SMILES string of the molecule is COc1ccc(-c2nnc(SCC(=O)N/N=C/c3ccc(C(=O)O)cc3)n2-c2ccc(C)cc2)cc1. The number of hydrogen-bond donors (Lipinski definition) is 2. The molecule has 0 fully saturated rings. The van der Waals surface area contributed by atoms with E-state index in [1.165, 1.54) is 30.1 Å². The third-order valence-electron chi connectivity index (χ3n) is 5.17. The van der Waals surface area contributed by atoms with Crippen LogP contribution in [0.25, 0.3) is 17.1 Å². The minimum absolute atomic E-state index is 0.0713. The van der Waals surface area contributed by atoms with Gasteiger partial charge >= 0.3 is 5.97 Å². The number of nitrogens with one attached hydrogen (secondary N) is 1. The summed E-state index contributed by atoms with van der Waals surface area (Å²) < 4.78 is 7.16. The van der Waals surface area contributed by atoms with E-state index in [9.17, 15) is 9.59 Å². The van der Waals surface area contributed by atoms with Crippen LogP contribution >= 0.6 is 11.8 Å². The van der Waals surface area contributed by atoms with Gasteiger partial charge in [-0.15, -0.1) is 10.2 Å². The molecule has 0 aliphatic carbocycles. The number of carboxylic acid groups (broad SMARTS) is 1. The van der Waals surface area contributed by atoms with Gasteiger partial charge in [0, 0.05) is 11.3 Å². The van der Waals surface area contributed by atoms with Crippen molar-refractivity contribution in [1.29, 1.82) is 0 Å². The lowest BCUT2D eigenvalue weighted by Gasteiger charge is -2.11. The molecule has 0 bridgehead atoms. The molecule has 0 aliphatic rings. The van der Waals surface area contributed by atoms with Crippen molar-refractivity contribution in [3.8, 4) is 22.8 Å². The first-order chi connectivity index (χ1) is 17.4. The molecule has 0 saturated heterocycles. The number of carbonyl (C=O) groups excluding carboxylic acids is 1. The van der Waals surface area contributed by atoms with Gasteiger partial charge in [-0.25, -0.2) is 10.2 Å². The van der Waals surface area contributed by atoms with Crippen LogP contribution in [0.5, 0.6) is 5.75 Å². The smallest absolute Gasteiger partial charge is 0.335 e. The summed E-state index contributed by atoms with van der Waals surface area (Å²) in [5.74, 6) is 0.138. The molecule has 4 aromatic rings. The molecule has 1 heterocycles. The Morgan fingerprint density at radius 3 is 2.36 bits per heavy atom. The molecular formula is C26H23N5O4S. The highest BCUT2D eigenvalue weighted by Gasteiger charge is 2.17. The maximum absolute atomic E-state index is 12.4. The van der Waals surface area contributed by atoms with Crippen molar-refractivity contribution in [1.82, 2.24) is 20.2 Å². The number of amides is 1. The number of carboxylic acids is 1. The predicted octanol–water partition coefficient (Wildman–Crippen LogP) is 4.19. The summed E-state index contributed by atoms with van der Waals surface area (Å²) in [5, 5.41) is 22.2. The number of aromatic carboxylic acids is 1. The van der Waals surface area contributed by atoms with Crippen molar-refractivity contribution < 1.29 is 19.4 Å². The fraction of sp³-hybridized carbons (Fsp3) is 0.115. The number of benzene rings is 3. The summed E-state index contributed by atoms with van der Waals surface area (Å²) in [4.78, 5) is 23.3. The minimum Gasteiger partial charge on any atom is -0.497 e. The van der Waals surface area contributed by atoms with Crippen LogP contribution < -0.4 is 10.2 Å². The Balaban J connectivity index is 1.48. The third-order valence-corrected chi connectivity index (χ3v) is 6.10. The zero-order valence-corrected chi connectivity index (χ0v) is 20.4. The number of rotatable bonds is 9. The topological polar surface area (TPSA) is 119 Å². The average molecular weight is 502 g/mol. The number of aryl methyl sites for hydroxylation is 1. The van der Waals surface area contributed by atoms with Crippen LogP contribution in [0.2, 0.25) is 0 Å². The molecule has 1 amide bonds.